The van der Waals surface area contributed by atoms with E-state index in [9.17, 15) is 9.50 Å². The number of hydrogen-bond donors (Lipinski definition) is 2. The van der Waals surface area contributed by atoms with Crippen LogP contribution in [0.3, 0.4) is 0 Å². The molecule has 1 fully saturated rings. The van der Waals surface area contributed by atoms with Gasteiger partial charge in [-0.15, -0.1) is 0 Å². The molecule has 3 N–H and O–H groups in total. The summed E-state index contributed by atoms with van der Waals surface area (Å²) in [5.74, 6) is 0.322. The first-order chi connectivity index (χ1) is 8.48. The van der Waals surface area contributed by atoms with Crippen molar-refractivity contribution in [1.29, 1.82) is 0 Å². The lowest BCUT2D eigenvalue weighted by Gasteiger charge is -2.33. The quantitative estimate of drug-likeness (QED) is 0.867. The van der Waals surface area contributed by atoms with Crippen LogP contribution in [0.15, 0.2) is 18.2 Å². The minimum atomic E-state index is -0.664. The fourth-order valence-electron chi connectivity index (χ4n) is 3.11. The molecular weight excluding hydrogens is 229 g/mol. The molecule has 0 spiro atoms. The lowest BCUT2D eigenvalue weighted by Crippen LogP contribution is -2.34. The van der Waals surface area contributed by atoms with Crippen LogP contribution >= 0.6 is 0 Å². The van der Waals surface area contributed by atoms with Crippen molar-refractivity contribution in [3.63, 3.8) is 0 Å². The first-order valence-corrected chi connectivity index (χ1v) is 6.63. The van der Waals surface area contributed by atoms with Crippen molar-refractivity contribution in [2.45, 2.75) is 39.2 Å². The van der Waals surface area contributed by atoms with E-state index >= 15 is 0 Å². The van der Waals surface area contributed by atoms with E-state index in [2.05, 4.69) is 6.92 Å². The summed E-state index contributed by atoms with van der Waals surface area (Å²) < 4.78 is 13.6. The van der Waals surface area contributed by atoms with E-state index in [0.29, 0.717) is 23.6 Å². The fraction of sp³-hybridized carbons (Fsp3) is 0.600. The van der Waals surface area contributed by atoms with Crippen molar-refractivity contribution < 1.29 is 9.50 Å². The Hall–Kier alpha value is -0.930. The first-order valence-electron chi connectivity index (χ1n) is 6.63. The monoisotopic (exact) mass is 251 g/mol. The van der Waals surface area contributed by atoms with E-state index in [4.69, 9.17) is 5.73 Å². The molecule has 100 valence electrons. The van der Waals surface area contributed by atoms with Gasteiger partial charge in [0.1, 0.15) is 5.82 Å². The number of aliphatic hydroxyl groups excluding tert-OH is 1. The Balaban J connectivity index is 2.29. The molecule has 1 aliphatic carbocycles. The van der Waals surface area contributed by atoms with Crippen LogP contribution in [0.5, 0.6) is 0 Å². The third-order valence-corrected chi connectivity index (χ3v) is 4.39. The third-order valence-electron chi connectivity index (χ3n) is 4.39. The van der Waals surface area contributed by atoms with Crippen molar-refractivity contribution in [2.75, 3.05) is 6.54 Å². The van der Waals surface area contributed by atoms with Crippen molar-refractivity contribution in [1.82, 2.24) is 0 Å². The molecule has 0 aliphatic heterocycles. The summed E-state index contributed by atoms with van der Waals surface area (Å²) in [7, 11) is 0. The molecule has 3 heteroatoms. The number of nitrogens with two attached hydrogens (primary N) is 1. The molecule has 1 aromatic carbocycles. The normalized spacial score (nSPS) is 29.5. The second-order valence-corrected chi connectivity index (χ2v) is 5.83. The maximum Gasteiger partial charge on any atom is 0.126 e. The van der Waals surface area contributed by atoms with Gasteiger partial charge in [-0.25, -0.2) is 4.39 Å². The lowest BCUT2D eigenvalue weighted by atomic mass is 9.76. The molecule has 0 saturated heterocycles. The van der Waals surface area contributed by atoms with E-state index in [1.54, 1.807) is 13.0 Å². The van der Waals surface area contributed by atoms with Gasteiger partial charge in [-0.1, -0.05) is 25.5 Å². The summed E-state index contributed by atoms with van der Waals surface area (Å²) >= 11 is 0. The Morgan fingerprint density at radius 3 is 2.78 bits per heavy atom. The highest BCUT2D eigenvalue weighted by Gasteiger charge is 2.42. The van der Waals surface area contributed by atoms with Crippen molar-refractivity contribution in [2.24, 2.45) is 17.1 Å². The summed E-state index contributed by atoms with van der Waals surface area (Å²) in [6, 6.07) is 4.97. The van der Waals surface area contributed by atoms with Crippen LogP contribution in [0.2, 0.25) is 0 Å². The SMILES string of the molecule is Cc1ccc(C(O)C2(CN)CCC(C)C2)cc1F. The molecule has 0 bridgehead atoms. The zero-order valence-corrected chi connectivity index (χ0v) is 11.1. The van der Waals surface area contributed by atoms with Crippen LogP contribution in [0, 0.1) is 24.1 Å². The second-order valence-electron chi connectivity index (χ2n) is 5.83. The Bertz CT molecular complexity index is 435. The topological polar surface area (TPSA) is 46.2 Å². The number of aliphatic hydroxyl groups is 1. The van der Waals surface area contributed by atoms with Crippen molar-refractivity contribution >= 4 is 0 Å². The molecule has 0 amide bonds. The highest BCUT2D eigenvalue weighted by atomic mass is 19.1. The highest BCUT2D eigenvalue weighted by Crippen LogP contribution is 2.49. The average molecular weight is 251 g/mol. The summed E-state index contributed by atoms with van der Waals surface area (Å²) in [6.07, 6.45) is 2.26. The highest BCUT2D eigenvalue weighted by molar-refractivity contribution is 5.26. The van der Waals surface area contributed by atoms with E-state index in [1.807, 2.05) is 6.07 Å². The van der Waals surface area contributed by atoms with Gasteiger partial charge >= 0.3 is 0 Å². The zero-order valence-electron chi connectivity index (χ0n) is 11.1. The Morgan fingerprint density at radius 2 is 2.28 bits per heavy atom. The van der Waals surface area contributed by atoms with E-state index < -0.39 is 6.10 Å². The van der Waals surface area contributed by atoms with Crippen LogP contribution < -0.4 is 5.73 Å². The Morgan fingerprint density at radius 1 is 1.56 bits per heavy atom. The predicted octanol–water partition coefficient (Wildman–Crippen LogP) is 2.93. The summed E-state index contributed by atoms with van der Waals surface area (Å²) in [5, 5.41) is 10.6. The average Bonchev–Trinajstić information content (AvgIpc) is 2.75. The summed E-state index contributed by atoms with van der Waals surface area (Å²) in [6.45, 7) is 4.36. The van der Waals surface area contributed by atoms with Crippen LogP contribution in [-0.4, -0.2) is 11.7 Å². The number of halogens is 1. The van der Waals surface area contributed by atoms with Gasteiger partial charge in [0.05, 0.1) is 6.10 Å². The molecule has 0 radical (unpaired) electrons. The number of benzene rings is 1. The molecule has 2 rings (SSSR count). The minimum absolute atomic E-state index is 0.259. The van der Waals surface area contributed by atoms with Gasteiger partial charge in [0.15, 0.2) is 0 Å². The molecule has 1 saturated carbocycles. The summed E-state index contributed by atoms with van der Waals surface area (Å²) in [4.78, 5) is 0. The standard InChI is InChI=1S/C15H22FNO/c1-10-5-6-15(8-10,9-17)14(18)12-4-3-11(2)13(16)7-12/h3-4,7,10,14,18H,5-6,8-9,17H2,1-2H3. The Kier molecular flexibility index (Phi) is 3.74. The van der Waals surface area contributed by atoms with Crippen LogP contribution in [0.25, 0.3) is 0 Å². The van der Waals surface area contributed by atoms with Gasteiger partial charge in [0.25, 0.3) is 0 Å². The molecule has 2 nitrogen and oxygen atoms in total. The van der Waals surface area contributed by atoms with Gasteiger partial charge in [-0.05, 0) is 42.9 Å². The van der Waals surface area contributed by atoms with Crippen LogP contribution in [0.4, 0.5) is 4.39 Å². The molecule has 18 heavy (non-hydrogen) atoms. The molecule has 0 aromatic heterocycles. The predicted molar refractivity (Wildman–Crippen MR) is 70.6 cm³/mol. The third kappa shape index (κ3) is 2.29. The van der Waals surface area contributed by atoms with Gasteiger partial charge < -0.3 is 10.8 Å². The zero-order chi connectivity index (χ0) is 13.3. The van der Waals surface area contributed by atoms with Crippen molar-refractivity contribution in [3.8, 4) is 0 Å². The lowest BCUT2D eigenvalue weighted by molar-refractivity contribution is 0.0305. The van der Waals surface area contributed by atoms with Gasteiger partial charge in [0, 0.05) is 12.0 Å². The maximum atomic E-state index is 13.6. The molecule has 1 aliphatic rings. The van der Waals surface area contributed by atoms with Gasteiger partial charge in [-0.3, -0.25) is 0 Å². The minimum Gasteiger partial charge on any atom is -0.388 e. The molecule has 3 unspecified atom stereocenters. The smallest absolute Gasteiger partial charge is 0.126 e. The largest absolute Gasteiger partial charge is 0.388 e. The van der Waals surface area contributed by atoms with Crippen LogP contribution in [0.1, 0.15) is 43.4 Å². The molecule has 0 heterocycles. The van der Waals surface area contributed by atoms with E-state index in [0.717, 1.165) is 19.3 Å². The molecule has 3 atom stereocenters. The first kappa shape index (κ1) is 13.5. The van der Waals surface area contributed by atoms with Crippen LogP contribution in [-0.2, 0) is 0 Å². The maximum absolute atomic E-state index is 13.6. The van der Waals surface area contributed by atoms with E-state index in [-0.39, 0.29) is 11.2 Å². The number of rotatable bonds is 3. The molecule has 1 aromatic rings. The summed E-state index contributed by atoms with van der Waals surface area (Å²) in [5.41, 5.74) is 6.86. The van der Waals surface area contributed by atoms with Gasteiger partial charge in [-0.2, -0.15) is 0 Å². The van der Waals surface area contributed by atoms with E-state index in [1.165, 1.54) is 6.07 Å². The van der Waals surface area contributed by atoms with Gasteiger partial charge in [0.2, 0.25) is 0 Å². The fourth-order valence-corrected chi connectivity index (χ4v) is 3.11. The molecular formula is C15H22FNO. The number of aryl methyl sites for hydroxylation is 1. The number of hydrogen-bond acceptors (Lipinski definition) is 2. The second kappa shape index (κ2) is 4.98. The Labute approximate surface area is 108 Å². The van der Waals surface area contributed by atoms with Crippen molar-refractivity contribution in [3.05, 3.63) is 35.1 Å².